The molecule has 0 N–H and O–H groups in total. The number of carbonyl (C=O) groups excluding carboxylic acids is 1. The molecule has 1 fully saturated rings. The highest BCUT2D eigenvalue weighted by molar-refractivity contribution is 5.79. The molecule has 1 heterocycles. The van der Waals surface area contributed by atoms with Gasteiger partial charge in [0.15, 0.2) is 0 Å². The van der Waals surface area contributed by atoms with Crippen molar-refractivity contribution in [3.8, 4) is 0 Å². The van der Waals surface area contributed by atoms with Crippen LogP contribution in [0.5, 0.6) is 0 Å². The number of rotatable bonds is 4. The third-order valence-corrected chi connectivity index (χ3v) is 4.58. The summed E-state index contributed by atoms with van der Waals surface area (Å²) in [6.07, 6.45) is 2.17. The second-order valence-electron chi connectivity index (χ2n) is 5.89. The topological polar surface area (TPSA) is 23.6 Å². The Morgan fingerprint density at radius 2 is 1.80 bits per heavy atom. The van der Waals surface area contributed by atoms with Crippen molar-refractivity contribution < 1.29 is 4.79 Å². The molecule has 0 radical (unpaired) electrons. The maximum Gasteiger partial charge on any atom is 0.150 e. The Balaban J connectivity index is 2.11. The molecule has 20 heavy (non-hydrogen) atoms. The number of anilines is 1. The van der Waals surface area contributed by atoms with Gasteiger partial charge in [0.05, 0.1) is 0 Å². The Morgan fingerprint density at radius 1 is 1.15 bits per heavy atom. The number of benzene rings is 1. The van der Waals surface area contributed by atoms with E-state index in [0.29, 0.717) is 6.04 Å². The third-order valence-electron chi connectivity index (χ3n) is 4.58. The van der Waals surface area contributed by atoms with Crippen LogP contribution in [0.2, 0.25) is 0 Å². The largest absolute Gasteiger partial charge is 0.369 e. The number of piperazine rings is 1. The highest BCUT2D eigenvalue weighted by atomic mass is 16.1. The van der Waals surface area contributed by atoms with E-state index in [1.54, 1.807) is 0 Å². The molecular weight excluding hydrogens is 248 g/mol. The molecule has 0 aliphatic carbocycles. The van der Waals surface area contributed by atoms with Crippen LogP contribution in [0.4, 0.5) is 5.69 Å². The summed E-state index contributed by atoms with van der Waals surface area (Å²) < 4.78 is 0. The Morgan fingerprint density at radius 3 is 2.35 bits per heavy atom. The molecule has 0 amide bonds. The number of hydrogen-bond acceptors (Lipinski definition) is 3. The standard InChI is InChI=1S/C17H26N2O/c1-5-15(4)18-6-8-19(9-7-18)17-11-13(2)16(12-20)10-14(17)3/h10-12,15H,5-9H2,1-4H3/t15-/m0/s1. The average Bonchev–Trinajstić information content (AvgIpc) is 2.48. The fourth-order valence-corrected chi connectivity index (χ4v) is 2.95. The van der Waals surface area contributed by atoms with Crippen LogP contribution in [0.1, 0.15) is 41.8 Å². The molecule has 0 bridgehead atoms. The van der Waals surface area contributed by atoms with Crippen molar-refractivity contribution >= 4 is 12.0 Å². The summed E-state index contributed by atoms with van der Waals surface area (Å²) in [6.45, 7) is 13.1. The molecular formula is C17H26N2O. The molecule has 1 saturated heterocycles. The monoisotopic (exact) mass is 274 g/mol. The Bertz CT molecular complexity index is 476. The first-order valence-corrected chi connectivity index (χ1v) is 7.62. The molecule has 1 atom stereocenters. The number of aryl methyl sites for hydroxylation is 2. The quantitative estimate of drug-likeness (QED) is 0.789. The van der Waals surface area contributed by atoms with Gasteiger partial charge in [0.2, 0.25) is 0 Å². The highest BCUT2D eigenvalue weighted by Gasteiger charge is 2.21. The second-order valence-corrected chi connectivity index (χ2v) is 5.89. The van der Waals surface area contributed by atoms with Gasteiger partial charge >= 0.3 is 0 Å². The van der Waals surface area contributed by atoms with Gasteiger partial charge in [0, 0.05) is 43.5 Å². The van der Waals surface area contributed by atoms with E-state index in [-0.39, 0.29) is 0 Å². The van der Waals surface area contributed by atoms with Crippen LogP contribution in [-0.2, 0) is 0 Å². The smallest absolute Gasteiger partial charge is 0.150 e. The summed E-state index contributed by atoms with van der Waals surface area (Å²) in [6, 6.07) is 4.86. The molecule has 0 spiro atoms. The number of carbonyl (C=O) groups is 1. The van der Waals surface area contributed by atoms with Crippen LogP contribution in [0, 0.1) is 13.8 Å². The summed E-state index contributed by atoms with van der Waals surface area (Å²) in [5.74, 6) is 0. The van der Waals surface area contributed by atoms with Crippen LogP contribution in [0.25, 0.3) is 0 Å². The molecule has 0 saturated carbocycles. The maximum atomic E-state index is 11.0. The lowest BCUT2D eigenvalue weighted by Crippen LogP contribution is -2.49. The summed E-state index contributed by atoms with van der Waals surface area (Å²) in [7, 11) is 0. The molecule has 1 aliphatic heterocycles. The molecule has 1 aromatic carbocycles. The minimum absolute atomic E-state index is 0.678. The van der Waals surface area contributed by atoms with E-state index >= 15 is 0 Å². The average molecular weight is 274 g/mol. The molecule has 3 nitrogen and oxygen atoms in total. The molecule has 1 aliphatic rings. The van der Waals surface area contributed by atoms with Crippen molar-refractivity contribution in [3.05, 3.63) is 28.8 Å². The zero-order valence-electron chi connectivity index (χ0n) is 13.1. The Kier molecular flexibility index (Phi) is 4.81. The molecule has 2 rings (SSSR count). The molecule has 0 aromatic heterocycles. The molecule has 1 aromatic rings. The summed E-state index contributed by atoms with van der Waals surface area (Å²) in [5, 5.41) is 0. The maximum absolute atomic E-state index is 11.0. The van der Waals surface area contributed by atoms with Gasteiger partial charge in [-0.15, -0.1) is 0 Å². The highest BCUT2D eigenvalue weighted by Crippen LogP contribution is 2.25. The van der Waals surface area contributed by atoms with E-state index in [4.69, 9.17) is 0 Å². The van der Waals surface area contributed by atoms with E-state index < -0.39 is 0 Å². The predicted octanol–water partition coefficient (Wildman–Crippen LogP) is 3.04. The van der Waals surface area contributed by atoms with Crippen molar-refractivity contribution in [1.82, 2.24) is 4.90 Å². The van der Waals surface area contributed by atoms with Crippen LogP contribution in [0.3, 0.4) is 0 Å². The summed E-state index contributed by atoms with van der Waals surface area (Å²) in [5.41, 5.74) is 4.38. The van der Waals surface area contributed by atoms with Gasteiger partial charge in [0.1, 0.15) is 6.29 Å². The minimum atomic E-state index is 0.678. The van der Waals surface area contributed by atoms with Crippen molar-refractivity contribution in [2.24, 2.45) is 0 Å². The van der Waals surface area contributed by atoms with Gasteiger partial charge in [0.25, 0.3) is 0 Å². The fraction of sp³-hybridized carbons (Fsp3) is 0.588. The van der Waals surface area contributed by atoms with Crippen molar-refractivity contribution in [2.45, 2.75) is 40.2 Å². The van der Waals surface area contributed by atoms with Crippen molar-refractivity contribution in [1.29, 1.82) is 0 Å². The lowest BCUT2D eigenvalue weighted by Gasteiger charge is -2.39. The normalized spacial score (nSPS) is 18.1. The van der Waals surface area contributed by atoms with Gasteiger partial charge in [-0.2, -0.15) is 0 Å². The lowest BCUT2D eigenvalue weighted by atomic mass is 10.0. The van der Waals surface area contributed by atoms with Gasteiger partial charge in [-0.3, -0.25) is 9.69 Å². The first-order chi connectivity index (χ1) is 9.56. The van der Waals surface area contributed by atoms with Crippen LogP contribution < -0.4 is 4.90 Å². The Hall–Kier alpha value is -1.35. The van der Waals surface area contributed by atoms with Crippen molar-refractivity contribution in [3.63, 3.8) is 0 Å². The second kappa shape index (κ2) is 6.40. The van der Waals surface area contributed by atoms with Crippen molar-refractivity contribution in [2.75, 3.05) is 31.1 Å². The number of hydrogen-bond donors (Lipinski definition) is 0. The van der Waals surface area contributed by atoms with Gasteiger partial charge in [-0.25, -0.2) is 0 Å². The van der Waals surface area contributed by atoms with Gasteiger partial charge in [-0.1, -0.05) is 6.92 Å². The fourth-order valence-electron chi connectivity index (χ4n) is 2.95. The van der Waals surface area contributed by atoms with Crippen LogP contribution in [0.15, 0.2) is 12.1 Å². The SMILES string of the molecule is CC[C@H](C)N1CCN(c2cc(C)c(C=O)cc2C)CC1. The third kappa shape index (κ3) is 3.04. The van der Waals surface area contributed by atoms with Gasteiger partial charge < -0.3 is 4.90 Å². The minimum Gasteiger partial charge on any atom is -0.369 e. The van der Waals surface area contributed by atoms with E-state index in [2.05, 4.69) is 36.6 Å². The van der Waals surface area contributed by atoms with Crippen LogP contribution >= 0.6 is 0 Å². The van der Waals surface area contributed by atoms with E-state index in [0.717, 1.165) is 43.6 Å². The number of aldehydes is 1. The van der Waals surface area contributed by atoms with Gasteiger partial charge in [-0.05, 0) is 50.5 Å². The first kappa shape index (κ1) is 15.0. The molecule has 110 valence electrons. The zero-order chi connectivity index (χ0) is 14.7. The molecule has 3 heteroatoms. The summed E-state index contributed by atoms with van der Waals surface area (Å²) in [4.78, 5) is 16.0. The first-order valence-electron chi connectivity index (χ1n) is 7.62. The number of nitrogens with zero attached hydrogens (tertiary/aromatic N) is 2. The zero-order valence-corrected chi connectivity index (χ0v) is 13.1. The summed E-state index contributed by atoms with van der Waals surface area (Å²) >= 11 is 0. The lowest BCUT2D eigenvalue weighted by molar-refractivity contribution is 0.112. The Labute approximate surface area is 122 Å². The predicted molar refractivity (Wildman–Crippen MR) is 84.8 cm³/mol. The van der Waals surface area contributed by atoms with Crippen LogP contribution in [-0.4, -0.2) is 43.4 Å². The van der Waals surface area contributed by atoms with E-state index in [9.17, 15) is 4.79 Å². The van der Waals surface area contributed by atoms with E-state index in [1.165, 1.54) is 17.7 Å². The molecule has 0 unspecified atom stereocenters. The van der Waals surface area contributed by atoms with E-state index in [1.807, 2.05) is 13.0 Å².